The fourth-order valence-corrected chi connectivity index (χ4v) is 5.31. The predicted molar refractivity (Wildman–Crippen MR) is 156 cm³/mol. The van der Waals surface area contributed by atoms with E-state index in [2.05, 4.69) is 81.8 Å². The van der Waals surface area contributed by atoms with Gasteiger partial charge in [-0.2, -0.15) is 0 Å². The second-order valence-electron chi connectivity index (χ2n) is 11.5. The van der Waals surface area contributed by atoms with E-state index in [0.717, 1.165) is 48.8 Å². The predicted octanol–water partition coefficient (Wildman–Crippen LogP) is 7.10. The SMILES string of the molecule is CC(C)CCN(CC(=O)N(Cc1cccn1Cc1ccc(Br)cc1)C1CCCCC1)C(=O)C(C)(C)CCl. The lowest BCUT2D eigenvalue weighted by Gasteiger charge is -2.37. The molecule has 2 aromatic rings. The highest BCUT2D eigenvalue weighted by Gasteiger charge is 2.34. The Balaban J connectivity index is 1.82. The molecule has 2 amide bonds. The minimum atomic E-state index is -0.701. The second kappa shape index (κ2) is 13.8. The molecule has 0 aliphatic heterocycles. The van der Waals surface area contributed by atoms with E-state index in [4.69, 9.17) is 11.6 Å². The lowest BCUT2D eigenvalue weighted by atomic mass is 9.93. The maximum absolute atomic E-state index is 13.9. The van der Waals surface area contributed by atoms with Crippen LogP contribution in [0.3, 0.4) is 0 Å². The molecule has 1 aromatic carbocycles. The van der Waals surface area contributed by atoms with Crippen molar-refractivity contribution in [3.63, 3.8) is 0 Å². The molecule has 1 fully saturated rings. The van der Waals surface area contributed by atoms with Crippen LogP contribution < -0.4 is 0 Å². The lowest BCUT2D eigenvalue weighted by Crippen LogP contribution is -2.50. The Morgan fingerprint density at radius 3 is 2.41 bits per heavy atom. The van der Waals surface area contributed by atoms with Crippen LogP contribution in [-0.2, 0) is 22.7 Å². The molecular formula is C30H43BrClN3O2. The molecule has 0 bridgehead atoms. The summed E-state index contributed by atoms with van der Waals surface area (Å²) in [7, 11) is 0. The van der Waals surface area contributed by atoms with Gasteiger partial charge in [0.1, 0.15) is 0 Å². The summed E-state index contributed by atoms with van der Waals surface area (Å²) < 4.78 is 3.29. The van der Waals surface area contributed by atoms with Crippen LogP contribution in [0.1, 0.15) is 77.5 Å². The quantitative estimate of drug-likeness (QED) is 0.247. The molecule has 0 unspecified atom stereocenters. The first-order valence-corrected chi connectivity index (χ1v) is 15.0. The average molecular weight is 593 g/mol. The van der Waals surface area contributed by atoms with E-state index in [1.165, 1.54) is 12.0 Å². The number of hydrogen-bond donors (Lipinski definition) is 0. The molecule has 5 nitrogen and oxygen atoms in total. The van der Waals surface area contributed by atoms with Gasteiger partial charge in [-0.1, -0.05) is 61.2 Å². The van der Waals surface area contributed by atoms with Gasteiger partial charge in [0.25, 0.3) is 0 Å². The zero-order valence-corrected chi connectivity index (χ0v) is 25.2. The smallest absolute Gasteiger partial charge is 0.242 e. The number of aromatic nitrogens is 1. The highest BCUT2D eigenvalue weighted by molar-refractivity contribution is 9.10. The normalized spacial score (nSPS) is 14.7. The Morgan fingerprint density at radius 2 is 1.78 bits per heavy atom. The van der Waals surface area contributed by atoms with Gasteiger partial charge in [-0.25, -0.2) is 0 Å². The minimum Gasteiger partial charge on any atom is -0.345 e. The van der Waals surface area contributed by atoms with Gasteiger partial charge in [0.2, 0.25) is 11.8 Å². The van der Waals surface area contributed by atoms with Crippen molar-refractivity contribution < 1.29 is 9.59 Å². The molecule has 0 N–H and O–H groups in total. The van der Waals surface area contributed by atoms with Crippen LogP contribution >= 0.6 is 27.5 Å². The number of nitrogens with zero attached hydrogens (tertiary/aromatic N) is 3. The molecule has 0 atom stereocenters. The fourth-order valence-electron chi connectivity index (χ4n) is 4.93. The van der Waals surface area contributed by atoms with E-state index >= 15 is 0 Å². The third kappa shape index (κ3) is 8.61. The number of benzene rings is 1. The summed E-state index contributed by atoms with van der Waals surface area (Å²) in [6, 6.07) is 12.7. The molecular weight excluding hydrogens is 550 g/mol. The third-order valence-electron chi connectivity index (χ3n) is 7.36. The summed E-state index contributed by atoms with van der Waals surface area (Å²) in [5.74, 6) is 0.666. The van der Waals surface area contributed by atoms with Gasteiger partial charge in [0.15, 0.2) is 0 Å². The van der Waals surface area contributed by atoms with Crippen molar-refractivity contribution in [2.24, 2.45) is 11.3 Å². The zero-order chi connectivity index (χ0) is 27.0. The van der Waals surface area contributed by atoms with Crippen LogP contribution in [0.4, 0.5) is 0 Å². The molecule has 0 saturated heterocycles. The molecule has 1 saturated carbocycles. The average Bonchev–Trinajstić information content (AvgIpc) is 3.32. The molecule has 1 aliphatic rings. The maximum atomic E-state index is 13.9. The first-order chi connectivity index (χ1) is 17.6. The standard InChI is InChI=1S/C30H43BrClN3O2/c1-23(2)16-18-34(29(37)30(3,4)22-32)21-28(36)35(26-9-6-5-7-10-26)20-27-11-8-17-33(27)19-24-12-14-25(31)15-13-24/h8,11-15,17,23,26H,5-7,9-10,16,18-22H2,1-4H3. The van der Waals surface area contributed by atoms with E-state index in [1.807, 2.05) is 13.8 Å². The van der Waals surface area contributed by atoms with Gasteiger partial charge in [0, 0.05) is 41.4 Å². The highest BCUT2D eigenvalue weighted by atomic mass is 79.9. The van der Waals surface area contributed by atoms with Crippen molar-refractivity contribution in [3.8, 4) is 0 Å². The number of alkyl halides is 1. The Hall–Kier alpha value is -1.79. The summed E-state index contributed by atoms with van der Waals surface area (Å²) in [5, 5.41) is 0. The van der Waals surface area contributed by atoms with Crippen LogP contribution in [0.25, 0.3) is 0 Å². The molecule has 1 heterocycles. The molecule has 204 valence electrons. The number of hydrogen-bond acceptors (Lipinski definition) is 2. The number of amides is 2. The van der Waals surface area contributed by atoms with Crippen molar-refractivity contribution in [1.29, 1.82) is 0 Å². The molecule has 3 rings (SSSR count). The fraction of sp³-hybridized carbons (Fsp3) is 0.600. The number of halogens is 2. The van der Waals surface area contributed by atoms with E-state index in [0.29, 0.717) is 19.0 Å². The third-order valence-corrected chi connectivity index (χ3v) is 8.56. The largest absolute Gasteiger partial charge is 0.345 e. The van der Waals surface area contributed by atoms with Crippen molar-refractivity contribution in [2.45, 2.75) is 85.4 Å². The van der Waals surface area contributed by atoms with E-state index in [-0.39, 0.29) is 30.3 Å². The van der Waals surface area contributed by atoms with Crippen molar-refractivity contribution >= 4 is 39.3 Å². The van der Waals surface area contributed by atoms with Gasteiger partial charge in [0.05, 0.1) is 18.5 Å². The maximum Gasteiger partial charge on any atom is 0.242 e. The lowest BCUT2D eigenvalue weighted by molar-refractivity contribution is -0.147. The monoisotopic (exact) mass is 591 g/mol. The molecule has 1 aliphatic carbocycles. The molecule has 37 heavy (non-hydrogen) atoms. The van der Waals surface area contributed by atoms with E-state index in [9.17, 15) is 9.59 Å². The number of rotatable bonds is 12. The van der Waals surface area contributed by atoms with Gasteiger partial charge in [-0.05, 0) is 68.9 Å². The van der Waals surface area contributed by atoms with Crippen LogP contribution in [0, 0.1) is 11.3 Å². The van der Waals surface area contributed by atoms with Crippen LogP contribution in [-0.4, -0.2) is 51.2 Å². The topological polar surface area (TPSA) is 45.6 Å². The summed E-state index contributed by atoms with van der Waals surface area (Å²) in [6.07, 6.45) is 8.49. The highest BCUT2D eigenvalue weighted by Crippen LogP contribution is 2.26. The first kappa shape index (κ1) is 29.8. The Labute approximate surface area is 236 Å². The molecule has 0 radical (unpaired) electrons. The van der Waals surface area contributed by atoms with Crippen LogP contribution in [0.15, 0.2) is 47.1 Å². The first-order valence-electron chi connectivity index (χ1n) is 13.6. The molecule has 7 heteroatoms. The van der Waals surface area contributed by atoms with Crippen LogP contribution in [0.5, 0.6) is 0 Å². The van der Waals surface area contributed by atoms with E-state index in [1.54, 1.807) is 4.90 Å². The molecule has 1 aromatic heterocycles. The van der Waals surface area contributed by atoms with Gasteiger partial charge < -0.3 is 14.4 Å². The summed E-state index contributed by atoms with van der Waals surface area (Å²) in [4.78, 5) is 31.1. The zero-order valence-electron chi connectivity index (χ0n) is 22.9. The Morgan fingerprint density at radius 1 is 1.11 bits per heavy atom. The minimum absolute atomic E-state index is 0.0331. The summed E-state index contributed by atoms with van der Waals surface area (Å²) in [6.45, 7) is 10.0. The summed E-state index contributed by atoms with van der Waals surface area (Å²) in [5.41, 5.74) is 1.63. The van der Waals surface area contributed by atoms with Gasteiger partial charge >= 0.3 is 0 Å². The van der Waals surface area contributed by atoms with Gasteiger partial charge in [-0.15, -0.1) is 11.6 Å². The Kier molecular flexibility index (Phi) is 11.1. The number of carbonyl (C=O) groups is 2. The summed E-state index contributed by atoms with van der Waals surface area (Å²) >= 11 is 9.66. The van der Waals surface area contributed by atoms with Crippen molar-refractivity contribution in [1.82, 2.24) is 14.4 Å². The second-order valence-corrected chi connectivity index (χ2v) is 12.7. The van der Waals surface area contributed by atoms with Gasteiger partial charge in [-0.3, -0.25) is 9.59 Å². The Bertz CT molecular complexity index is 1010. The van der Waals surface area contributed by atoms with Crippen molar-refractivity contribution in [3.05, 3.63) is 58.3 Å². The van der Waals surface area contributed by atoms with E-state index < -0.39 is 5.41 Å². The molecule has 0 spiro atoms. The van der Waals surface area contributed by atoms with Crippen LogP contribution in [0.2, 0.25) is 0 Å². The van der Waals surface area contributed by atoms with Crippen molar-refractivity contribution in [2.75, 3.05) is 19.0 Å². The number of carbonyl (C=O) groups excluding carboxylic acids is 2.